The third-order valence-electron chi connectivity index (χ3n) is 8.66. The van der Waals surface area contributed by atoms with Crippen LogP contribution in [0.5, 0.6) is 28.7 Å². The first-order chi connectivity index (χ1) is 25.3. The normalized spacial score (nSPS) is 14.3. The van der Waals surface area contributed by atoms with E-state index in [0.29, 0.717) is 41.4 Å². The van der Waals surface area contributed by atoms with Crippen molar-refractivity contribution in [2.45, 2.75) is 19.9 Å². The number of pyridine rings is 1. The summed E-state index contributed by atoms with van der Waals surface area (Å²) in [5.74, 6) is -0.871. The molecule has 7 rings (SSSR count). The monoisotopic (exact) mass is 715 g/mol. The maximum Gasteiger partial charge on any atom is 0.335 e. The molecule has 2 aliphatic heterocycles. The number of anilines is 1. The van der Waals surface area contributed by atoms with E-state index in [2.05, 4.69) is 15.2 Å². The molecule has 1 N–H and O–H groups in total. The largest absolute Gasteiger partial charge is 0.489 e. The van der Waals surface area contributed by atoms with Gasteiger partial charge in [0.05, 0.1) is 36.4 Å². The number of hydrogen-bond donors (Lipinski definition) is 1. The second-order valence-corrected chi connectivity index (χ2v) is 12.0. The summed E-state index contributed by atoms with van der Waals surface area (Å²) in [6.45, 7) is 7.00. The van der Waals surface area contributed by atoms with Gasteiger partial charge in [-0.2, -0.15) is 0 Å². The van der Waals surface area contributed by atoms with E-state index in [1.165, 1.54) is 35.0 Å². The lowest BCUT2D eigenvalue weighted by atomic mass is 10.1. The van der Waals surface area contributed by atoms with E-state index in [0.717, 1.165) is 68.2 Å². The van der Waals surface area contributed by atoms with Crippen LogP contribution >= 0.6 is 0 Å². The van der Waals surface area contributed by atoms with Gasteiger partial charge in [0.25, 0.3) is 11.5 Å². The highest BCUT2D eigenvalue weighted by Crippen LogP contribution is 2.48. The number of benzene rings is 3. The summed E-state index contributed by atoms with van der Waals surface area (Å²) >= 11 is 0. The van der Waals surface area contributed by atoms with E-state index in [-0.39, 0.29) is 41.6 Å². The average molecular weight is 716 g/mol. The Labute approximate surface area is 295 Å². The second kappa shape index (κ2) is 15.2. The minimum Gasteiger partial charge on any atom is -0.489 e. The number of halogens is 2. The Morgan fingerprint density at radius 1 is 0.923 bits per heavy atom. The minimum absolute atomic E-state index is 0.0286. The van der Waals surface area contributed by atoms with E-state index in [1.54, 1.807) is 19.1 Å². The first-order valence-electron chi connectivity index (χ1n) is 16.9. The lowest BCUT2D eigenvalue weighted by Crippen LogP contribution is -2.42. The molecule has 0 bridgehead atoms. The Bertz CT molecular complexity index is 2240. The molecule has 15 heteroatoms. The summed E-state index contributed by atoms with van der Waals surface area (Å²) in [5, 5.41) is 2.98. The molecule has 3 aromatic carbocycles. The van der Waals surface area contributed by atoms with Crippen molar-refractivity contribution in [2.75, 3.05) is 58.0 Å². The fourth-order valence-electron chi connectivity index (χ4n) is 6.04. The van der Waals surface area contributed by atoms with Crippen LogP contribution < -0.4 is 35.5 Å². The Balaban J connectivity index is 1.10. The summed E-state index contributed by atoms with van der Waals surface area (Å²) in [4.78, 5) is 46.4. The van der Waals surface area contributed by atoms with E-state index in [9.17, 15) is 18.8 Å². The highest BCUT2D eigenvalue weighted by atomic mass is 19.1. The average Bonchev–Trinajstić information content (AvgIpc) is 3.15. The van der Waals surface area contributed by atoms with Crippen molar-refractivity contribution in [3.63, 3.8) is 0 Å². The molecular weight excluding hydrogens is 680 g/mol. The van der Waals surface area contributed by atoms with Gasteiger partial charge in [-0.05, 0) is 55.8 Å². The molecule has 0 radical (unpaired) electrons. The van der Waals surface area contributed by atoms with Gasteiger partial charge in [0.15, 0.2) is 23.1 Å². The van der Waals surface area contributed by atoms with Gasteiger partial charge in [-0.15, -0.1) is 0 Å². The Hall–Kier alpha value is -5.80. The molecule has 270 valence electrons. The lowest BCUT2D eigenvalue weighted by Gasteiger charge is -2.26. The standard InChI is InChI=1S/C37H35F2N5O8/c1-2-43-22-26(36(46)44(37(43)47)25-7-4-23(38)5-8-25)35(45)41-24-6-9-29(27(39)20-24)52-30-10-11-40-28-21-31(33-34(32(28)30)51-19-18-50-33)49-15-3-12-42-13-16-48-17-14-42/h4-11,20-22H,2-3,12-19H2,1H3,(H,41,45). The third-order valence-corrected chi connectivity index (χ3v) is 8.66. The van der Waals surface area contributed by atoms with Gasteiger partial charge >= 0.3 is 5.69 Å². The van der Waals surface area contributed by atoms with Crippen LogP contribution in [0.25, 0.3) is 16.6 Å². The van der Waals surface area contributed by atoms with Crippen LogP contribution in [0.2, 0.25) is 0 Å². The molecule has 1 amide bonds. The SMILES string of the molecule is CCn1cc(C(=O)Nc2ccc(Oc3ccnc4cc(OCCCN5CCOCC5)c5c(c34)OCCO5)c(F)c2)c(=O)n(-c2ccc(F)cc2)c1=O. The molecule has 13 nitrogen and oxygen atoms in total. The summed E-state index contributed by atoms with van der Waals surface area (Å²) in [5.41, 5.74) is -1.38. The maximum atomic E-state index is 15.5. The second-order valence-electron chi connectivity index (χ2n) is 12.0. The van der Waals surface area contributed by atoms with Crippen molar-refractivity contribution < 1.29 is 37.3 Å². The van der Waals surface area contributed by atoms with Crippen LogP contribution in [0.3, 0.4) is 0 Å². The van der Waals surface area contributed by atoms with Gasteiger partial charge in [-0.1, -0.05) is 0 Å². The molecule has 0 unspecified atom stereocenters. The zero-order valence-electron chi connectivity index (χ0n) is 28.2. The van der Waals surface area contributed by atoms with E-state index < -0.39 is 28.8 Å². The molecule has 1 saturated heterocycles. The molecular formula is C37H35F2N5O8. The van der Waals surface area contributed by atoms with Crippen LogP contribution in [-0.4, -0.2) is 77.6 Å². The number of nitrogens with one attached hydrogen (secondary N) is 1. The highest BCUT2D eigenvalue weighted by molar-refractivity contribution is 6.04. The molecule has 0 atom stereocenters. The predicted octanol–water partition coefficient (Wildman–Crippen LogP) is 4.76. The number of ether oxygens (including phenoxy) is 5. The van der Waals surface area contributed by atoms with Crippen molar-refractivity contribution >= 4 is 22.5 Å². The Morgan fingerprint density at radius 3 is 2.44 bits per heavy atom. The van der Waals surface area contributed by atoms with Gasteiger partial charge in [0.2, 0.25) is 5.75 Å². The summed E-state index contributed by atoms with van der Waals surface area (Å²) in [7, 11) is 0. The van der Waals surface area contributed by atoms with Crippen molar-refractivity contribution in [2.24, 2.45) is 0 Å². The fourth-order valence-corrected chi connectivity index (χ4v) is 6.04. The molecule has 1 fully saturated rings. The summed E-state index contributed by atoms with van der Waals surface area (Å²) in [6.07, 6.45) is 3.47. The third kappa shape index (κ3) is 7.18. The zero-order chi connectivity index (χ0) is 36.2. The minimum atomic E-state index is -0.917. The van der Waals surface area contributed by atoms with Crippen LogP contribution in [0.15, 0.2) is 76.6 Å². The van der Waals surface area contributed by atoms with Gasteiger partial charge in [0.1, 0.15) is 30.3 Å². The fraction of sp³-hybridized carbons (Fsp3) is 0.297. The number of aromatic nitrogens is 3. The first-order valence-corrected chi connectivity index (χ1v) is 16.9. The Kier molecular flexibility index (Phi) is 10.1. The van der Waals surface area contributed by atoms with E-state index in [4.69, 9.17) is 23.7 Å². The number of amides is 1. The Morgan fingerprint density at radius 2 is 1.69 bits per heavy atom. The van der Waals surface area contributed by atoms with Gasteiger partial charge < -0.3 is 29.0 Å². The lowest BCUT2D eigenvalue weighted by molar-refractivity contribution is 0.0357. The molecule has 5 aromatic rings. The molecule has 0 aliphatic carbocycles. The quantitative estimate of drug-likeness (QED) is 0.191. The molecule has 2 aromatic heterocycles. The van der Waals surface area contributed by atoms with Crippen molar-refractivity contribution in [1.29, 1.82) is 0 Å². The zero-order valence-corrected chi connectivity index (χ0v) is 28.2. The van der Waals surface area contributed by atoms with Crippen molar-refractivity contribution in [3.8, 4) is 34.4 Å². The number of hydrogen-bond acceptors (Lipinski definition) is 10. The number of carbonyl (C=O) groups is 1. The molecule has 0 saturated carbocycles. The topological polar surface area (TPSA) is 135 Å². The molecule has 2 aliphatic rings. The van der Waals surface area contributed by atoms with Crippen molar-refractivity contribution in [1.82, 2.24) is 19.0 Å². The smallest absolute Gasteiger partial charge is 0.335 e. The van der Waals surface area contributed by atoms with Crippen LogP contribution in [0.4, 0.5) is 14.5 Å². The number of morpholine rings is 1. The van der Waals surface area contributed by atoms with Crippen LogP contribution in [-0.2, 0) is 11.3 Å². The molecule has 4 heterocycles. The highest BCUT2D eigenvalue weighted by Gasteiger charge is 2.26. The summed E-state index contributed by atoms with van der Waals surface area (Å²) < 4.78 is 60.6. The predicted molar refractivity (Wildman–Crippen MR) is 186 cm³/mol. The first kappa shape index (κ1) is 34.6. The van der Waals surface area contributed by atoms with Crippen LogP contribution in [0.1, 0.15) is 23.7 Å². The van der Waals surface area contributed by atoms with E-state index >= 15 is 4.39 Å². The van der Waals surface area contributed by atoms with Gasteiger partial charge in [-0.25, -0.2) is 18.1 Å². The number of fused-ring (bicyclic) bond motifs is 3. The number of aryl methyl sites for hydroxylation is 1. The van der Waals surface area contributed by atoms with Crippen LogP contribution in [0, 0.1) is 11.6 Å². The van der Waals surface area contributed by atoms with Gasteiger partial charge in [-0.3, -0.25) is 24.0 Å². The number of nitrogens with zero attached hydrogens (tertiary/aromatic N) is 4. The molecule has 0 spiro atoms. The number of rotatable bonds is 11. The number of carbonyl (C=O) groups excluding carboxylic acids is 1. The van der Waals surface area contributed by atoms with Crippen molar-refractivity contribution in [3.05, 3.63) is 105 Å². The molecule has 52 heavy (non-hydrogen) atoms. The van der Waals surface area contributed by atoms with E-state index in [1.807, 2.05) is 0 Å². The van der Waals surface area contributed by atoms with Gasteiger partial charge in [0, 0.05) is 56.4 Å². The maximum absolute atomic E-state index is 15.5. The summed E-state index contributed by atoms with van der Waals surface area (Å²) in [6, 6.07) is 11.8.